The Morgan fingerprint density at radius 3 is 2.67 bits per heavy atom. The Morgan fingerprint density at radius 1 is 1.53 bits per heavy atom. The van der Waals surface area contributed by atoms with E-state index in [4.69, 9.17) is 4.42 Å². The molecule has 1 amide bonds. The van der Waals surface area contributed by atoms with E-state index in [0.717, 1.165) is 12.2 Å². The van der Waals surface area contributed by atoms with E-state index in [1.807, 2.05) is 40.0 Å². The highest BCUT2D eigenvalue weighted by Gasteiger charge is 2.22. The lowest BCUT2D eigenvalue weighted by Crippen LogP contribution is -2.33. The fraction of sp³-hybridized carbons (Fsp3) is 0.583. The van der Waals surface area contributed by atoms with Crippen molar-refractivity contribution in [2.75, 3.05) is 7.05 Å². The maximum atomic E-state index is 11.9. The molecule has 84 valence electrons. The van der Waals surface area contributed by atoms with Gasteiger partial charge in [-0.25, -0.2) is 0 Å². The van der Waals surface area contributed by atoms with Crippen LogP contribution in [0.4, 0.5) is 0 Å². The number of carbonyl (C=O) groups is 1. The number of nitrogens with zero attached hydrogens (tertiary/aromatic N) is 1. The van der Waals surface area contributed by atoms with Crippen LogP contribution in [0.2, 0.25) is 0 Å². The van der Waals surface area contributed by atoms with Crippen molar-refractivity contribution in [1.29, 1.82) is 0 Å². The molecule has 2 atom stereocenters. The first kappa shape index (κ1) is 11.8. The van der Waals surface area contributed by atoms with Crippen LogP contribution in [-0.2, 0) is 4.79 Å². The van der Waals surface area contributed by atoms with Gasteiger partial charge in [-0.3, -0.25) is 4.79 Å². The Balaban J connectivity index is 2.68. The van der Waals surface area contributed by atoms with Crippen molar-refractivity contribution in [3.63, 3.8) is 0 Å². The van der Waals surface area contributed by atoms with Gasteiger partial charge in [-0.15, -0.1) is 0 Å². The first-order valence-corrected chi connectivity index (χ1v) is 5.38. The summed E-state index contributed by atoms with van der Waals surface area (Å²) >= 11 is 0. The smallest absolute Gasteiger partial charge is 0.225 e. The second kappa shape index (κ2) is 5.01. The van der Waals surface area contributed by atoms with Crippen LogP contribution >= 0.6 is 0 Å². The number of furan rings is 1. The van der Waals surface area contributed by atoms with Gasteiger partial charge in [-0.2, -0.15) is 0 Å². The summed E-state index contributed by atoms with van der Waals surface area (Å²) in [6, 6.07) is 3.74. The Bertz CT molecular complexity index is 305. The third-order valence-electron chi connectivity index (χ3n) is 2.92. The average Bonchev–Trinajstić information content (AvgIpc) is 2.78. The molecule has 3 heteroatoms. The second-order valence-corrected chi connectivity index (χ2v) is 3.95. The molecule has 3 nitrogen and oxygen atoms in total. The molecule has 0 aliphatic carbocycles. The molecular formula is C12H19NO2. The van der Waals surface area contributed by atoms with Crippen LogP contribution in [0.1, 0.15) is 39.0 Å². The van der Waals surface area contributed by atoms with E-state index in [1.165, 1.54) is 0 Å². The molecule has 0 aromatic carbocycles. The molecule has 0 saturated heterocycles. The third-order valence-corrected chi connectivity index (χ3v) is 2.92. The first-order chi connectivity index (χ1) is 7.07. The number of amides is 1. The van der Waals surface area contributed by atoms with E-state index in [2.05, 4.69) is 0 Å². The van der Waals surface area contributed by atoms with Crippen LogP contribution < -0.4 is 0 Å². The topological polar surface area (TPSA) is 33.5 Å². The highest BCUT2D eigenvalue weighted by Crippen LogP contribution is 2.21. The van der Waals surface area contributed by atoms with Crippen LogP contribution in [0.25, 0.3) is 0 Å². The zero-order valence-electron chi connectivity index (χ0n) is 9.86. The van der Waals surface area contributed by atoms with Crippen molar-refractivity contribution in [2.45, 2.75) is 33.2 Å². The van der Waals surface area contributed by atoms with Gasteiger partial charge in [-0.1, -0.05) is 13.8 Å². The van der Waals surface area contributed by atoms with Crippen LogP contribution in [0, 0.1) is 5.92 Å². The standard InChI is InChI=1S/C12H19NO2/c1-5-9(2)12(14)13(4)10(3)11-7-6-8-15-11/h6-10H,5H2,1-4H3. The summed E-state index contributed by atoms with van der Waals surface area (Å²) in [7, 11) is 1.82. The van der Waals surface area contributed by atoms with E-state index >= 15 is 0 Å². The van der Waals surface area contributed by atoms with E-state index in [0.29, 0.717) is 0 Å². The van der Waals surface area contributed by atoms with Crippen LogP contribution in [0.3, 0.4) is 0 Å². The summed E-state index contributed by atoms with van der Waals surface area (Å²) in [5.74, 6) is 1.07. The maximum absolute atomic E-state index is 11.9. The molecule has 0 bridgehead atoms. The summed E-state index contributed by atoms with van der Waals surface area (Å²) in [6.45, 7) is 5.95. The molecule has 1 aromatic heterocycles. The van der Waals surface area contributed by atoms with Gasteiger partial charge >= 0.3 is 0 Å². The molecule has 1 rings (SSSR count). The van der Waals surface area contributed by atoms with Gasteiger partial charge < -0.3 is 9.32 Å². The molecule has 1 heterocycles. The highest BCUT2D eigenvalue weighted by molar-refractivity contribution is 5.78. The molecule has 1 aromatic rings. The lowest BCUT2D eigenvalue weighted by atomic mass is 10.1. The molecule has 0 aliphatic heterocycles. The Morgan fingerprint density at radius 2 is 2.20 bits per heavy atom. The van der Waals surface area contributed by atoms with Crippen molar-refractivity contribution in [3.8, 4) is 0 Å². The molecular weight excluding hydrogens is 190 g/mol. The number of rotatable bonds is 4. The minimum Gasteiger partial charge on any atom is -0.467 e. The maximum Gasteiger partial charge on any atom is 0.225 e. The van der Waals surface area contributed by atoms with E-state index < -0.39 is 0 Å². The van der Waals surface area contributed by atoms with Gasteiger partial charge in [0.05, 0.1) is 12.3 Å². The summed E-state index contributed by atoms with van der Waals surface area (Å²) in [5.41, 5.74) is 0. The summed E-state index contributed by atoms with van der Waals surface area (Å²) < 4.78 is 5.29. The summed E-state index contributed by atoms with van der Waals surface area (Å²) in [6.07, 6.45) is 2.50. The van der Waals surface area contributed by atoms with Gasteiger partial charge in [0.2, 0.25) is 5.91 Å². The van der Waals surface area contributed by atoms with Crippen LogP contribution in [0.15, 0.2) is 22.8 Å². The van der Waals surface area contributed by atoms with Gasteiger partial charge in [0.25, 0.3) is 0 Å². The lowest BCUT2D eigenvalue weighted by Gasteiger charge is -2.25. The molecule has 0 spiro atoms. The van der Waals surface area contributed by atoms with Crippen molar-refractivity contribution < 1.29 is 9.21 Å². The third kappa shape index (κ3) is 2.61. The van der Waals surface area contributed by atoms with E-state index in [1.54, 1.807) is 11.2 Å². The Kier molecular flexibility index (Phi) is 3.95. The van der Waals surface area contributed by atoms with E-state index in [9.17, 15) is 4.79 Å². The lowest BCUT2D eigenvalue weighted by molar-refractivity contribution is -0.136. The minimum absolute atomic E-state index is 0.00139. The van der Waals surface area contributed by atoms with Gasteiger partial charge in [0.15, 0.2) is 0 Å². The molecule has 0 radical (unpaired) electrons. The molecule has 0 N–H and O–H groups in total. The Hall–Kier alpha value is -1.25. The monoisotopic (exact) mass is 209 g/mol. The zero-order valence-corrected chi connectivity index (χ0v) is 9.86. The molecule has 0 saturated carbocycles. The predicted octanol–water partition coefficient (Wildman–Crippen LogP) is 2.85. The van der Waals surface area contributed by atoms with Crippen molar-refractivity contribution in [2.24, 2.45) is 5.92 Å². The minimum atomic E-state index is 0.00139. The fourth-order valence-electron chi connectivity index (χ4n) is 1.43. The van der Waals surface area contributed by atoms with Crippen molar-refractivity contribution in [1.82, 2.24) is 4.90 Å². The number of carbonyl (C=O) groups excluding carboxylic acids is 1. The largest absolute Gasteiger partial charge is 0.467 e. The predicted molar refractivity (Wildman–Crippen MR) is 59.3 cm³/mol. The van der Waals surface area contributed by atoms with E-state index in [-0.39, 0.29) is 17.9 Å². The molecule has 0 aliphatic rings. The van der Waals surface area contributed by atoms with Gasteiger partial charge in [0, 0.05) is 13.0 Å². The van der Waals surface area contributed by atoms with Gasteiger partial charge in [0.1, 0.15) is 5.76 Å². The average molecular weight is 209 g/mol. The second-order valence-electron chi connectivity index (χ2n) is 3.95. The molecule has 0 fully saturated rings. The van der Waals surface area contributed by atoms with Crippen LogP contribution in [-0.4, -0.2) is 17.9 Å². The first-order valence-electron chi connectivity index (χ1n) is 5.38. The zero-order chi connectivity index (χ0) is 11.4. The normalized spacial score (nSPS) is 14.7. The summed E-state index contributed by atoms with van der Waals surface area (Å²) in [5, 5.41) is 0. The fourth-order valence-corrected chi connectivity index (χ4v) is 1.43. The molecule has 15 heavy (non-hydrogen) atoms. The summed E-state index contributed by atoms with van der Waals surface area (Å²) in [4.78, 5) is 13.6. The SMILES string of the molecule is CCC(C)C(=O)N(C)C(C)c1ccco1. The number of hydrogen-bond donors (Lipinski definition) is 0. The Labute approximate surface area is 91.1 Å². The number of hydrogen-bond acceptors (Lipinski definition) is 2. The van der Waals surface area contributed by atoms with Crippen LogP contribution in [0.5, 0.6) is 0 Å². The van der Waals surface area contributed by atoms with Gasteiger partial charge in [-0.05, 0) is 25.5 Å². The quantitative estimate of drug-likeness (QED) is 0.764. The van der Waals surface area contributed by atoms with Crippen molar-refractivity contribution in [3.05, 3.63) is 24.2 Å². The molecule has 2 unspecified atom stereocenters. The highest BCUT2D eigenvalue weighted by atomic mass is 16.3. The van der Waals surface area contributed by atoms with Crippen molar-refractivity contribution >= 4 is 5.91 Å².